The van der Waals surface area contributed by atoms with Crippen LogP contribution in [0.5, 0.6) is 0 Å². The molecule has 3 aromatic heterocycles. The van der Waals surface area contributed by atoms with Crippen molar-refractivity contribution in [3.63, 3.8) is 0 Å². The molecule has 1 unspecified atom stereocenters. The summed E-state index contributed by atoms with van der Waals surface area (Å²) >= 11 is 6.64. The summed E-state index contributed by atoms with van der Waals surface area (Å²) in [6.07, 6.45) is -3.01. The van der Waals surface area contributed by atoms with Gasteiger partial charge in [-0.05, 0) is 80.8 Å². The fourth-order valence-corrected chi connectivity index (χ4v) is 7.84. The first kappa shape index (κ1) is 38.7. The number of nitriles is 1. The van der Waals surface area contributed by atoms with Crippen LogP contribution in [0.25, 0.3) is 22.0 Å². The minimum atomic E-state index is -3.50. The first-order chi connectivity index (χ1) is 26.5. The third kappa shape index (κ3) is 7.15. The highest BCUT2D eigenvalue weighted by Gasteiger charge is 2.62. The molecule has 10 nitrogen and oxygen atoms in total. The molecule has 3 heterocycles. The number of amides is 1. The van der Waals surface area contributed by atoms with Gasteiger partial charge in [0.1, 0.15) is 47.4 Å². The molecule has 1 saturated carbocycles. The molecule has 7 rings (SSSR count). The number of nitrogens with one attached hydrogen (secondary N) is 2. The Kier molecular flexibility index (Phi) is 10.0. The number of alkyl halides is 4. The van der Waals surface area contributed by atoms with Gasteiger partial charge in [0.15, 0.2) is 5.82 Å². The third-order valence-electron chi connectivity index (χ3n) is 9.96. The van der Waals surface area contributed by atoms with Crippen LogP contribution in [-0.2, 0) is 30.7 Å². The summed E-state index contributed by atoms with van der Waals surface area (Å²) in [4.78, 5) is 18.7. The second kappa shape index (κ2) is 14.5. The fourth-order valence-electron chi connectivity index (χ4n) is 7.60. The molecule has 3 N–H and O–H groups in total. The van der Waals surface area contributed by atoms with Gasteiger partial charge in [-0.1, -0.05) is 23.6 Å². The highest BCUT2D eigenvalue weighted by atomic mass is 35.5. The average molecular weight is 795 g/mol. The quantitative estimate of drug-likeness (QED) is 0.0760. The van der Waals surface area contributed by atoms with Gasteiger partial charge in [0, 0.05) is 35.7 Å². The first-order valence-electron chi connectivity index (χ1n) is 17.5. The van der Waals surface area contributed by atoms with Crippen molar-refractivity contribution >= 4 is 34.2 Å². The SMILES string of the molecule is Cn1nc(NCC#N)c2c(Cl)ccc(-c3ccc(C#CC(C)(C)O)nc3C(Cc3cc(F)cc(F)c3)NC(=O)Cn3nc(C(F)F)c4c3C(F)(F)[C@@H]3CC[C@H]43)c21. The Morgan fingerprint density at radius 3 is 2.45 bits per heavy atom. The smallest absolute Gasteiger partial charge is 0.293 e. The highest BCUT2D eigenvalue weighted by Crippen LogP contribution is 2.63. The van der Waals surface area contributed by atoms with E-state index in [0.29, 0.717) is 50.0 Å². The van der Waals surface area contributed by atoms with Crippen molar-refractivity contribution in [3.05, 3.63) is 93.0 Å². The molecule has 0 aliphatic heterocycles. The summed E-state index contributed by atoms with van der Waals surface area (Å²) < 4.78 is 90.8. The number of anilines is 1. The van der Waals surface area contributed by atoms with Gasteiger partial charge in [-0.25, -0.2) is 22.5 Å². The fraction of sp³-hybridized carbons (Fsp3) is 0.359. The molecule has 0 radical (unpaired) electrons. The van der Waals surface area contributed by atoms with Crippen LogP contribution in [0.15, 0.2) is 42.5 Å². The number of nitrogens with zero attached hydrogens (tertiary/aromatic N) is 6. The van der Waals surface area contributed by atoms with Crippen LogP contribution in [0, 0.1) is 40.7 Å². The number of pyridine rings is 1. The Bertz CT molecular complexity index is 2470. The number of fused-ring (bicyclic) bond motifs is 4. The number of benzene rings is 2. The second-order valence-corrected chi connectivity index (χ2v) is 14.8. The van der Waals surface area contributed by atoms with Crippen LogP contribution in [-0.4, -0.2) is 47.7 Å². The molecule has 56 heavy (non-hydrogen) atoms. The van der Waals surface area contributed by atoms with E-state index < -0.39 is 71.3 Å². The lowest BCUT2D eigenvalue weighted by molar-refractivity contribution is -0.123. The van der Waals surface area contributed by atoms with Crippen molar-refractivity contribution in [2.24, 2.45) is 13.0 Å². The minimum Gasteiger partial charge on any atom is -0.378 e. The molecule has 2 aromatic carbocycles. The topological polar surface area (TPSA) is 134 Å². The Morgan fingerprint density at radius 2 is 1.80 bits per heavy atom. The standard InChI is InChI=1S/C39H33ClF6N8O2/c1-38(2,56)11-10-22-4-5-23(24-7-9-27(40)31-34(24)53(3)52-37(31)48-13-12-47)32(49-22)28(16-19-14-20(41)17-21(42)15-19)50-29(55)18-54-35-30(33(51-54)36(43)44)25-6-8-26(25)39(35,45)46/h4-5,7,9,14-15,17,25-26,28,36,56H,6,8,13,16,18H2,1-3H3,(H,48,52)(H,50,55)/t25-,26+,28?/m0/s1. The predicted molar refractivity (Wildman–Crippen MR) is 194 cm³/mol. The monoisotopic (exact) mass is 794 g/mol. The number of hydrogen-bond donors (Lipinski definition) is 3. The largest absolute Gasteiger partial charge is 0.378 e. The van der Waals surface area contributed by atoms with Crippen LogP contribution in [0.4, 0.5) is 32.2 Å². The summed E-state index contributed by atoms with van der Waals surface area (Å²) in [7, 11) is 1.64. The van der Waals surface area contributed by atoms with Crippen molar-refractivity contribution in [2.75, 3.05) is 11.9 Å². The maximum Gasteiger partial charge on any atom is 0.293 e. The van der Waals surface area contributed by atoms with Gasteiger partial charge in [0.05, 0.1) is 33.7 Å². The predicted octanol–water partition coefficient (Wildman–Crippen LogP) is 7.46. The van der Waals surface area contributed by atoms with Crippen molar-refractivity contribution in [1.29, 1.82) is 5.26 Å². The van der Waals surface area contributed by atoms with Gasteiger partial charge in [0.25, 0.3) is 12.3 Å². The van der Waals surface area contributed by atoms with Crippen molar-refractivity contribution in [1.82, 2.24) is 29.9 Å². The zero-order valence-electron chi connectivity index (χ0n) is 30.1. The normalized spacial score (nSPS) is 17.4. The van der Waals surface area contributed by atoms with E-state index in [-0.39, 0.29) is 41.9 Å². The Labute approximate surface area is 321 Å². The number of carbonyl (C=O) groups is 1. The van der Waals surface area contributed by atoms with E-state index in [0.717, 1.165) is 12.1 Å². The molecule has 0 saturated heterocycles. The number of hydrogen-bond acceptors (Lipinski definition) is 7. The first-order valence-corrected chi connectivity index (χ1v) is 17.9. The van der Waals surface area contributed by atoms with Crippen LogP contribution in [0.3, 0.4) is 0 Å². The van der Waals surface area contributed by atoms with E-state index in [1.165, 1.54) is 18.5 Å². The molecule has 1 fully saturated rings. The maximum absolute atomic E-state index is 15.6. The number of aryl methyl sites for hydroxylation is 1. The number of rotatable bonds is 10. The van der Waals surface area contributed by atoms with Gasteiger partial charge < -0.3 is 15.7 Å². The Hall–Kier alpha value is -5.58. The molecule has 2 aliphatic carbocycles. The maximum atomic E-state index is 15.6. The van der Waals surface area contributed by atoms with Crippen LogP contribution in [0.1, 0.15) is 79.0 Å². The van der Waals surface area contributed by atoms with E-state index in [1.807, 2.05) is 6.07 Å². The number of aliphatic hydroxyl groups is 1. The second-order valence-electron chi connectivity index (χ2n) is 14.4. The van der Waals surface area contributed by atoms with Gasteiger partial charge in [-0.3, -0.25) is 14.2 Å². The molecule has 5 aromatic rings. The molecule has 1 amide bonds. The number of halogens is 7. The average Bonchev–Trinajstić information content (AvgIpc) is 3.67. The van der Waals surface area contributed by atoms with Gasteiger partial charge in [-0.2, -0.15) is 24.2 Å². The van der Waals surface area contributed by atoms with Crippen LogP contribution < -0.4 is 10.6 Å². The summed E-state index contributed by atoms with van der Waals surface area (Å²) in [5, 5.41) is 34.2. The van der Waals surface area contributed by atoms with Crippen molar-refractivity contribution < 1.29 is 36.2 Å². The van der Waals surface area contributed by atoms with E-state index in [1.54, 1.807) is 31.3 Å². The molecular weight excluding hydrogens is 762 g/mol. The molecule has 2 aliphatic rings. The zero-order valence-corrected chi connectivity index (χ0v) is 30.8. The third-order valence-corrected chi connectivity index (χ3v) is 10.3. The summed E-state index contributed by atoms with van der Waals surface area (Å²) in [5.74, 6) is -2.44. The molecular formula is C39H33ClF6N8O2. The van der Waals surface area contributed by atoms with E-state index in [2.05, 4.69) is 32.7 Å². The van der Waals surface area contributed by atoms with Crippen molar-refractivity contribution in [2.45, 2.75) is 69.6 Å². The molecule has 17 heteroatoms. The lowest BCUT2D eigenvalue weighted by atomic mass is 9.73. The molecule has 290 valence electrons. The highest BCUT2D eigenvalue weighted by molar-refractivity contribution is 6.37. The Balaban J connectivity index is 1.38. The lowest BCUT2D eigenvalue weighted by Gasteiger charge is -2.34. The zero-order chi connectivity index (χ0) is 40.3. The van der Waals surface area contributed by atoms with Crippen molar-refractivity contribution in [3.8, 4) is 29.0 Å². The molecule has 0 bridgehead atoms. The number of carbonyl (C=O) groups excluding carboxylic acids is 1. The summed E-state index contributed by atoms with van der Waals surface area (Å²) in [6.45, 7) is 1.95. The van der Waals surface area contributed by atoms with Gasteiger partial charge >= 0.3 is 0 Å². The Morgan fingerprint density at radius 1 is 1.09 bits per heavy atom. The van der Waals surface area contributed by atoms with E-state index >= 15 is 8.78 Å². The summed E-state index contributed by atoms with van der Waals surface area (Å²) in [5.41, 5.74) is -1.55. The van der Waals surface area contributed by atoms with Gasteiger partial charge in [-0.15, -0.1) is 0 Å². The van der Waals surface area contributed by atoms with Gasteiger partial charge in [0.2, 0.25) is 5.91 Å². The van der Waals surface area contributed by atoms with E-state index in [4.69, 9.17) is 16.6 Å². The molecule has 0 spiro atoms. The van der Waals surface area contributed by atoms with E-state index in [9.17, 15) is 32.7 Å². The number of aromatic nitrogens is 5. The minimum absolute atomic E-state index is 0.0846. The van der Waals surface area contributed by atoms with Crippen LogP contribution >= 0.6 is 11.6 Å². The van der Waals surface area contributed by atoms with Crippen LogP contribution in [0.2, 0.25) is 5.02 Å². The lowest BCUT2D eigenvalue weighted by Crippen LogP contribution is -2.36. The molecule has 3 atom stereocenters. The summed E-state index contributed by atoms with van der Waals surface area (Å²) in [6, 6.07) is 9.95.